The fourth-order valence-electron chi connectivity index (χ4n) is 2.90. The molecule has 0 aromatic heterocycles. The quantitative estimate of drug-likeness (QED) is 0.585. The van der Waals surface area contributed by atoms with Crippen LogP contribution in [0.15, 0.2) is 24.3 Å². The molecule has 7 nitrogen and oxygen atoms in total. The Morgan fingerprint density at radius 3 is 2.44 bits per heavy atom. The summed E-state index contributed by atoms with van der Waals surface area (Å²) in [6, 6.07) is 7.08. The van der Waals surface area contributed by atoms with E-state index in [1.807, 2.05) is 31.2 Å². The normalized spacial score (nSPS) is 21.2. The number of carbonyl (C=O) groups is 2. The van der Waals surface area contributed by atoms with Gasteiger partial charge in [0.05, 0.1) is 7.11 Å². The first kappa shape index (κ1) is 19.5. The highest BCUT2D eigenvalue weighted by Gasteiger charge is 2.31. The van der Waals surface area contributed by atoms with Crippen LogP contribution in [0, 0.1) is 0 Å². The van der Waals surface area contributed by atoms with Gasteiger partial charge in [0.25, 0.3) is 5.91 Å². The molecule has 1 aromatic carbocycles. The highest BCUT2D eigenvalue weighted by molar-refractivity contribution is 6.30. The molecule has 25 heavy (non-hydrogen) atoms. The average molecular weight is 372 g/mol. The second-order valence-electron chi connectivity index (χ2n) is 6.16. The molecular formula is C17H26ClN3O4+2. The number of quaternary nitrogens is 2. The third kappa shape index (κ3) is 6.19. The van der Waals surface area contributed by atoms with Crippen LogP contribution in [0.2, 0.25) is 5.02 Å². The van der Waals surface area contributed by atoms with Gasteiger partial charge in [-0.2, -0.15) is 0 Å². The van der Waals surface area contributed by atoms with Crippen LogP contribution >= 0.6 is 11.6 Å². The monoisotopic (exact) mass is 371 g/mol. The molecule has 3 N–H and O–H groups in total. The van der Waals surface area contributed by atoms with Crippen LogP contribution in [0.1, 0.15) is 6.92 Å². The van der Waals surface area contributed by atoms with E-state index in [4.69, 9.17) is 16.3 Å². The minimum atomic E-state index is -0.708. The number of nitrogens with one attached hydrogen (secondary N) is 3. The molecule has 0 saturated carbocycles. The average Bonchev–Trinajstić information content (AvgIpc) is 2.63. The number of halogens is 1. The third-order valence-corrected chi connectivity index (χ3v) is 4.81. The van der Waals surface area contributed by atoms with Crippen LogP contribution in [0.3, 0.4) is 0 Å². The van der Waals surface area contributed by atoms with Gasteiger partial charge in [-0.3, -0.25) is 10.1 Å². The van der Waals surface area contributed by atoms with Crippen molar-refractivity contribution in [1.29, 1.82) is 0 Å². The van der Waals surface area contributed by atoms with Gasteiger partial charge in [0, 0.05) is 5.02 Å². The van der Waals surface area contributed by atoms with Crippen LogP contribution in [0.25, 0.3) is 0 Å². The number of piperazine rings is 1. The smallest absolute Gasteiger partial charge is 0.413 e. The summed E-state index contributed by atoms with van der Waals surface area (Å²) in [5, 5.41) is 2.93. The van der Waals surface area contributed by atoms with Crippen molar-refractivity contribution in [3.05, 3.63) is 29.3 Å². The van der Waals surface area contributed by atoms with Gasteiger partial charge < -0.3 is 19.3 Å². The lowest BCUT2D eigenvalue weighted by molar-refractivity contribution is -1.02. The van der Waals surface area contributed by atoms with Gasteiger partial charge in [-0.1, -0.05) is 11.6 Å². The molecule has 1 aliphatic heterocycles. The van der Waals surface area contributed by atoms with Crippen molar-refractivity contribution in [2.24, 2.45) is 0 Å². The summed E-state index contributed by atoms with van der Waals surface area (Å²) in [5.41, 5.74) is 0. The summed E-state index contributed by atoms with van der Waals surface area (Å²) in [5.74, 6) is 0.525. The Hall–Kier alpha value is -1.83. The second-order valence-corrected chi connectivity index (χ2v) is 6.60. The lowest BCUT2D eigenvalue weighted by Gasteiger charge is -2.32. The number of amides is 2. The Morgan fingerprint density at radius 2 is 1.84 bits per heavy atom. The molecular weight excluding hydrogens is 346 g/mol. The molecule has 2 amide bonds. The molecule has 0 bridgehead atoms. The van der Waals surface area contributed by atoms with Crippen LogP contribution in [-0.4, -0.2) is 64.5 Å². The van der Waals surface area contributed by atoms with E-state index in [-0.39, 0.29) is 11.9 Å². The van der Waals surface area contributed by atoms with Gasteiger partial charge in [-0.25, -0.2) is 4.79 Å². The number of benzene rings is 1. The van der Waals surface area contributed by atoms with Gasteiger partial charge >= 0.3 is 6.09 Å². The van der Waals surface area contributed by atoms with Crippen LogP contribution in [0.5, 0.6) is 5.75 Å². The SMILES string of the molecule is COC(=O)NC(=O)[C@@H](C)[NH+]1CC[NH+](CCOc2ccc(Cl)cc2)CC1. The number of hydrogen-bond donors (Lipinski definition) is 3. The number of alkyl carbamates (subject to hydrolysis) is 1. The third-order valence-electron chi connectivity index (χ3n) is 4.55. The maximum Gasteiger partial charge on any atom is 0.413 e. The number of imide groups is 1. The van der Waals surface area contributed by atoms with E-state index in [0.717, 1.165) is 38.5 Å². The van der Waals surface area contributed by atoms with E-state index in [1.54, 1.807) is 0 Å². The maximum absolute atomic E-state index is 12.0. The van der Waals surface area contributed by atoms with E-state index in [9.17, 15) is 9.59 Å². The van der Waals surface area contributed by atoms with Crippen LogP contribution in [-0.2, 0) is 9.53 Å². The topological polar surface area (TPSA) is 73.5 Å². The summed E-state index contributed by atoms with van der Waals surface area (Å²) < 4.78 is 10.2. The number of hydrogen-bond acceptors (Lipinski definition) is 4. The molecule has 1 atom stereocenters. The Bertz CT molecular complexity index is 574. The molecule has 1 aliphatic rings. The van der Waals surface area contributed by atoms with Gasteiger partial charge in [0.1, 0.15) is 45.1 Å². The highest BCUT2D eigenvalue weighted by Crippen LogP contribution is 2.14. The number of carbonyl (C=O) groups excluding carboxylic acids is 2. The number of rotatable bonds is 6. The Kier molecular flexibility index (Phi) is 7.49. The van der Waals surface area contributed by atoms with E-state index < -0.39 is 6.09 Å². The molecule has 138 valence electrons. The molecule has 0 aliphatic carbocycles. The van der Waals surface area contributed by atoms with Crippen molar-refractivity contribution < 1.29 is 28.9 Å². The first-order chi connectivity index (χ1) is 12.0. The zero-order valence-electron chi connectivity index (χ0n) is 14.6. The van der Waals surface area contributed by atoms with Crippen molar-refractivity contribution in [3.63, 3.8) is 0 Å². The Morgan fingerprint density at radius 1 is 1.20 bits per heavy atom. The summed E-state index contributed by atoms with van der Waals surface area (Å²) in [4.78, 5) is 25.7. The fourth-order valence-corrected chi connectivity index (χ4v) is 3.02. The molecule has 0 unspecified atom stereocenters. The van der Waals surface area contributed by atoms with E-state index in [2.05, 4.69) is 10.1 Å². The van der Waals surface area contributed by atoms with Crippen LogP contribution in [0.4, 0.5) is 4.79 Å². The predicted molar refractivity (Wildman–Crippen MR) is 93.2 cm³/mol. The van der Waals surface area contributed by atoms with Crippen molar-refractivity contribution in [2.75, 3.05) is 46.4 Å². The molecule has 0 radical (unpaired) electrons. The summed E-state index contributed by atoms with van der Waals surface area (Å²) >= 11 is 5.85. The van der Waals surface area contributed by atoms with Crippen LogP contribution < -0.4 is 19.9 Å². The fraction of sp³-hybridized carbons (Fsp3) is 0.529. The van der Waals surface area contributed by atoms with Gasteiger partial charge in [-0.05, 0) is 31.2 Å². The summed E-state index contributed by atoms with van der Waals surface area (Å²) in [6.07, 6.45) is -0.708. The number of ether oxygens (including phenoxy) is 2. The number of methoxy groups -OCH3 is 1. The molecule has 1 heterocycles. The van der Waals surface area contributed by atoms with Crippen molar-refractivity contribution in [1.82, 2.24) is 5.32 Å². The first-order valence-electron chi connectivity index (χ1n) is 8.45. The molecule has 1 fully saturated rings. The Labute approximate surface area is 152 Å². The molecule has 0 spiro atoms. The van der Waals surface area contributed by atoms with E-state index in [1.165, 1.54) is 16.9 Å². The lowest BCUT2D eigenvalue weighted by Crippen LogP contribution is -3.30. The largest absolute Gasteiger partial charge is 0.488 e. The van der Waals surface area contributed by atoms with Gasteiger partial charge in [0.15, 0.2) is 6.04 Å². The zero-order valence-corrected chi connectivity index (χ0v) is 15.4. The van der Waals surface area contributed by atoms with Crippen molar-refractivity contribution >= 4 is 23.6 Å². The minimum absolute atomic E-state index is 0.272. The molecule has 1 aromatic rings. The molecule has 1 saturated heterocycles. The second kappa shape index (κ2) is 9.60. The standard InChI is InChI=1S/C17H24ClN3O4/c1-13(16(22)19-17(23)24-2)21-9-7-20(8-10-21)11-12-25-15-5-3-14(18)4-6-15/h3-6,13H,7-12H2,1-2H3,(H,19,22,23)/p+2/t13-/m1/s1. The predicted octanol–water partition coefficient (Wildman–Crippen LogP) is -1.23. The minimum Gasteiger partial charge on any atom is -0.488 e. The lowest BCUT2D eigenvalue weighted by atomic mass is 10.2. The Balaban J connectivity index is 1.67. The first-order valence-corrected chi connectivity index (χ1v) is 8.82. The highest BCUT2D eigenvalue weighted by atomic mass is 35.5. The summed E-state index contributed by atoms with van der Waals surface area (Å²) in [7, 11) is 1.24. The van der Waals surface area contributed by atoms with Gasteiger partial charge in [-0.15, -0.1) is 0 Å². The molecule has 2 rings (SSSR count). The van der Waals surface area contributed by atoms with E-state index >= 15 is 0 Å². The van der Waals surface area contributed by atoms with E-state index in [0.29, 0.717) is 11.6 Å². The maximum atomic E-state index is 12.0. The zero-order chi connectivity index (χ0) is 18.2. The van der Waals surface area contributed by atoms with Gasteiger partial charge in [0.2, 0.25) is 0 Å². The molecule has 8 heteroatoms. The summed E-state index contributed by atoms with van der Waals surface area (Å²) in [6.45, 7) is 7.09. The van der Waals surface area contributed by atoms with Crippen molar-refractivity contribution in [2.45, 2.75) is 13.0 Å². The van der Waals surface area contributed by atoms with Crippen molar-refractivity contribution in [3.8, 4) is 5.75 Å².